The number of hydrogen-bond acceptors (Lipinski definition) is 5. The highest BCUT2D eigenvalue weighted by Crippen LogP contribution is 2.36. The zero-order valence-corrected chi connectivity index (χ0v) is 14.5. The van der Waals surface area contributed by atoms with Crippen LogP contribution in [0.2, 0.25) is 0 Å². The molecule has 23 heavy (non-hydrogen) atoms. The lowest BCUT2D eigenvalue weighted by Gasteiger charge is -2.26. The second kappa shape index (κ2) is 6.66. The minimum atomic E-state index is -0.522. The molecular weight excluding hydrogens is 296 g/mol. The van der Waals surface area contributed by atoms with Crippen LogP contribution in [0.25, 0.3) is 0 Å². The van der Waals surface area contributed by atoms with Crippen molar-refractivity contribution in [3.63, 3.8) is 0 Å². The molecule has 0 fully saturated rings. The van der Waals surface area contributed by atoms with Gasteiger partial charge in [0.1, 0.15) is 5.60 Å². The Bertz CT molecular complexity index is 581. The molecule has 0 aromatic heterocycles. The number of ether oxygens (including phenoxy) is 3. The van der Waals surface area contributed by atoms with Crippen molar-refractivity contribution in [2.75, 3.05) is 20.8 Å². The molecule has 1 amide bonds. The quantitative estimate of drug-likeness (QED) is 0.906. The molecule has 1 unspecified atom stereocenters. The zero-order valence-electron chi connectivity index (χ0n) is 14.5. The lowest BCUT2D eigenvalue weighted by atomic mass is 9.99. The van der Waals surface area contributed by atoms with Gasteiger partial charge in [0.05, 0.1) is 14.2 Å². The summed E-state index contributed by atoms with van der Waals surface area (Å²) in [7, 11) is 3.19. The third-order valence-electron chi connectivity index (χ3n) is 3.77. The summed E-state index contributed by atoms with van der Waals surface area (Å²) in [6, 6.07) is 3.63. The molecule has 0 bridgehead atoms. The molecule has 0 saturated carbocycles. The van der Waals surface area contributed by atoms with Gasteiger partial charge in [-0.1, -0.05) is 0 Å². The Balaban J connectivity index is 2.32. The van der Waals surface area contributed by atoms with Crippen molar-refractivity contribution in [2.24, 2.45) is 5.73 Å². The molecular formula is C17H26N2O4. The van der Waals surface area contributed by atoms with Gasteiger partial charge in [0, 0.05) is 19.1 Å². The summed E-state index contributed by atoms with van der Waals surface area (Å²) in [4.78, 5) is 14.1. The van der Waals surface area contributed by atoms with Crippen molar-refractivity contribution in [1.29, 1.82) is 0 Å². The van der Waals surface area contributed by atoms with Crippen LogP contribution in [0.5, 0.6) is 11.5 Å². The average Bonchev–Trinajstić information content (AvgIpc) is 2.63. The summed E-state index contributed by atoms with van der Waals surface area (Å²) in [6.07, 6.45) is 0.342. The molecule has 1 aromatic carbocycles. The monoisotopic (exact) mass is 322 g/mol. The van der Waals surface area contributed by atoms with E-state index < -0.39 is 5.60 Å². The first-order valence-corrected chi connectivity index (χ1v) is 7.73. The maximum Gasteiger partial charge on any atom is 0.410 e. The van der Waals surface area contributed by atoms with Gasteiger partial charge in [0.15, 0.2) is 11.5 Å². The number of nitrogens with two attached hydrogens (primary N) is 1. The Morgan fingerprint density at radius 2 is 1.83 bits per heavy atom. The summed E-state index contributed by atoms with van der Waals surface area (Å²) in [6.45, 7) is 6.57. The van der Waals surface area contributed by atoms with Crippen LogP contribution in [-0.2, 0) is 11.3 Å². The molecule has 0 spiro atoms. The largest absolute Gasteiger partial charge is 0.493 e. The van der Waals surface area contributed by atoms with Crippen molar-refractivity contribution < 1.29 is 19.0 Å². The Kier molecular flexibility index (Phi) is 5.04. The molecule has 1 aliphatic rings. The lowest BCUT2D eigenvalue weighted by molar-refractivity contribution is 0.0235. The van der Waals surface area contributed by atoms with E-state index in [1.165, 1.54) is 0 Å². The standard InChI is InChI=1S/C17H26N2O4/c1-17(2,3)23-16(20)19-7-6-13(18)12-9-15(22-5)14(21-4)8-11(12)10-19/h8-9,13H,6-7,10,18H2,1-5H3. The van der Waals surface area contributed by atoms with Crippen LogP contribution in [-0.4, -0.2) is 37.4 Å². The number of nitrogens with zero attached hydrogens (tertiary/aromatic N) is 1. The Morgan fingerprint density at radius 3 is 2.39 bits per heavy atom. The van der Waals surface area contributed by atoms with Crippen LogP contribution in [0.3, 0.4) is 0 Å². The van der Waals surface area contributed by atoms with E-state index in [-0.39, 0.29) is 12.1 Å². The van der Waals surface area contributed by atoms with Crippen LogP contribution in [0, 0.1) is 0 Å². The molecule has 1 aromatic rings. The molecule has 2 N–H and O–H groups in total. The third-order valence-corrected chi connectivity index (χ3v) is 3.77. The van der Waals surface area contributed by atoms with E-state index >= 15 is 0 Å². The van der Waals surface area contributed by atoms with Gasteiger partial charge in [0.2, 0.25) is 0 Å². The van der Waals surface area contributed by atoms with Crippen LogP contribution in [0.15, 0.2) is 12.1 Å². The second-order valence-corrected chi connectivity index (χ2v) is 6.70. The van der Waals surface area contributed by atoms with Gasteiger partial charge < -0.3 is 24.8 Å². The van der Waals surface area contributed by atoms with Gasteiger partial charge in [-0.2, -0.15) is 0 Å². The Hall–Kier alpha value is -1.95. The Morgan fingerprint density at radius 1 is 1.22 bits per heavy atom. The zero-order chi connectivity index (χ0) is 17.2. The summed E-state index contributed by atoms with van der Waals surface area (Å²) < 4.78 is 16.2. The van der Waals surface area contributed by atoms with Gasteiger partial charge in [-0.15, -0.1) is 0 Å². The van der Waals surface area contributed by atoms with Gasteiger partial charge in [0.25, 0.3) is 0 Å². The fourth-order valence-corrected chi connectivity index (χ4v) is 2.64. The fraction of sp³-hybridized carbons (Fsp3) is 0.588. The second-order valence-electron chi connectivity index (χ2n) is 6.70. The minimum Gasteiger partial charge on any atom is -0.493 e. The van der Waals surface area contributed by atoms with E-state index in [4.69, 9.17) is 19.9 Å². The van der Waals surface area contributed by atoms with Crippen molar-refractivity contribution in [1.82, 2.24) is 4.90 Å². The van der Waals surface area contributed by atoms with Crippen LogP contribution in [0.4, 0.5) is 4.79 Å². The van der Waals surface area contributed by atoms with Crippen molar-refractivity contribution in [2.45, 2.75) is 45.4 Å². The van der Waals surface area contributed by atoms with Gasteiger partial charge >= 0.3 is 6.09 Å². The molecule has 6 heteroatoms. The highest BCUT2D eigenvalue weighted by molar-refractivity contribution is 5.68. The number of carbonyl (C=O) groups excluding carboxylic acids is 1. The van der Waals surface area contributed by atoms with Crippen LogP contribution in [0.1, 0.15) is 44.4 Å². The number of rotatable bonds is 2. The van der Waals surface area contributed by atoms with Crippen molar-refractivity contribution in [3.05, 3.63) is 23.3 Å². The summed E-state index contributed by atoms with van der Waals surface area (Å²) >= 11 is 0. The fourth-order valence-electron chi connectivity index (χ4n) is 2.64. The predicted octanol–water partition coefficient (Wildman–Crippen LogP) is 2.84. The molecule has 2 rings (SSSR count). The van der Waals surface area contributed by atoms with E-state index in [1.54, 1.807) is 19.1 Å². The van der Waals surface area contributed by atoms with E-state index in [0.29, 0.717) is 31.0 Å². The molecule has 6 nitrogen and oxygen atoms in total. The normalized spacial score (nSPS) is 18.0. The minimum absolute atomic E-state index is 0.155. The van der Waals surface area contributed by atoms with Crippen molar-refractivity contribution in [3.8, 4) is 11.5 Å². The first-order valence-electron chi connectivity index (χ1n) is 7.73. The first kappa shape index (κ1) is 17.4. The Labute approximate surface area is 137 Å². The summed E-state index contributed by atoms with van der Waals surface area (Å²) in [5.41, 5.74) is 7.69. The van der Waals surface area contributed by atoms with E-state index in [0.717, 1.165) is 11.1 Å². The summed E-state index contributed by atoms with van der Waals surface area (Å²) in [5.74, 6) is 1.27. The van der Waals surface area contributed by atoms with Gasteiger partial charge in [-0.3, -0.25) is 0 Å². The molecule has 1 atom stereocenters. The average molecular weight is 322 g/mol. The predicted molar refractivity (Wildman–Crippen MR) is 87.7 cm³/mol. The highest BCUT2D eigenvalue weighted by Gasteiger charge is 2.28. The van der Waals surface area contributed by atoms with Crippen LogP contribution >= 0.6 is 0 Å². The molecule has 128 valence electrons. The maximum atomic E-state index is 12.4. The SMILES string of the molecule is COc1cc2c(cc1OC)C(N)CCN(C(=O)OC(C)(C)C)C2. The number of carbonyl (C=O) groups is 1. The molecule has 0 radical (unpaired) electrons. The van der Waals surface area contributed by atoms with E-state index in [9.17, 15) is 4.79 Å². The number of methoxy groups -OCH3 is 2. The van der Waals surface area contributed by atoms with Gasteiger partial charge in [-0.25, -0.2) is 4.79 Å². The first-order chi connectivity index (χ1) is 10.7. The lowest BCUT2D eigenvalue weighted by Crippen LogP contribution is -2.36. The summed E-state index contributed by atoms with van der Waals surface area (Å²) in [5, 5.41) is 0. The topological polar surface area (TPSA) is 74.0 Å². The smallest absolute Gasteiger partial charge is 0.410 e. The number of hydrogen-bond donors (Lipinski definition) is 1. The van der Waals surface area contributed by atoms with Crippen molar-refractivity contribution >= 4 is 6.09 Å². The van der Waals surface area contributed by atoms with Gasteiger partial charge in [-0.05, 0) is 50.5 Å². The van der Waals surface area contributed by atoms with E-state index in [2.05, 4.69) is 0 Å². The molecule has 1 aliphatic heterocycles. The number of fused-ring (bicyclic) bond motifs is 1. The van der Waals surface area contributed by atoms with Crippen LogP contribution < -0.4 is 15.2 Å². The molecule has 1 heterocycles. The highest BCUT2D eigenvalue weighted by atomic mass is 16.6. The number of amides is 1. The molecule has 0 aliphatic carbocycles. The number of benzene rings is 1. The maximum absolute atomic E-state index is 12.4. The third kappa shape index (κ3) is 4.07. The van der Waals surface area contributed by atoms with E-state index in [1.807, 2.05) is 32.9 Å². The molecule has 0 saturated heterocycles.